The van der Waals surface area contributed by atoms with E-state index in [-0.39, 0.29) is 17.9 Å². The third-order valence-electron chi connectivity index (χ3n) is 2.17. The fourth-order valence-electron chi connectivity index (χ4n) is 1.30. The van der Waals surface area contributed by atoms with Gasteiger partial charge < -0.3 is 25.2 Å². The molecular weight excluding hydrogens is 230 g/mol. The second kappa shape index (κ2) is 5.58. The molecule has 0 aromatic carbocycles. The molecule has 0 amide bonds. The Kier molecular flexibility index (Phi) is 4.38. The number of carboxylic acid groups (broad SMARTS) is 1. The molecule has 0 aliphatic rings. The standard InChI is InChI=1S/C10H13NO6/c1-5-8(17-10(16)9(14)15)7(4-13)6(3-12)2-11-5/h2,10,12-13,16H,3-4H2,1H3,(H,14,15)/t10-/m0/s1. The van der Waals surface area contributed by atoms with E-state index in [1.165, 1.54) is 13.1 Å². The van der Waals surface area contributed by atoms with Crippen molar-refractivity contribution in [3.8, 4) is 5.75 Å². The van der Waals surface area contributed by atoms with Crippen molar-refractivity contribution in [2.45, 2.75) is 26.4 Å². The summed E-state index contributed by atoms with van der Waals surface area (Å²) in [4.78, 5) is 14.3. The van der Waals surface area contributed by atoms with Gasteiger partial charge >= 0.3 is 5.97 Å². The molecule has 1 atom stereocenters. The Bertz CT molecular complexity index is 420. The Morgan fingerprint density at radius 2 is 2.12 bits per heavy atom. The summed E-state index contributed by atoms with van der Waals surface area (Å²) in [5, 5.41) is 35.8. The van der Waals surface area contributed by atoms with Crippen LogP contribution < -0.4 is 4.74 Å². The normalized spacial score (nSPS) is 12.2. The molecule has 0 fully saturated rings. The van der Waals surface area contributed by atoms with Crippen LogP contribution in [0.25, 0.3) is 0 Å². The predicted octanol–water partition coefficient (Wildman–Crippen LogP) is -0.844. The maximum absolute atomic E-state index is 10.5. The van der Waals surface area contributed by atoms with Crippen LogP contribution in [0, 0.1) is 6.92 Å². The molecule has 1 aromatic rings. The first-order valence-corrected chi connectivity index (χ1v) is 4.77. The van der Waals surface area contributed by atoms with Crippen LogP contribution >= 0.6 is 0 Å². The number of hydrogen-bond donors (Lipinski definition) is 4. The number of aliphatic hydroxyl groups is 3. The van der Waals surface area contributed by atoms with Gasteiger partial charge in [-0.1, -0.05) is 0 Å². The predicted molar refractivity (Wildman–Crippen MR) is 55.1 cm³/mol. The van der Waals surface area contributed by atoms with E-state index in [0.29, 0.717) is 11.3 Å². The minimum atomic E-state index is -2.05. The lowest BCUT2D eigenvalue weighted by molar-refractivity contribution is -0.162. The fourth-order valence-corrected chi connectivity index (χ4v) is 1.30. The topological polar surface area (TPSA) is 120 Å². The monoisotopic (exact) mass is 243 g/mol. The van der Waals surface area contributed by atoms with Gasteiger partial charge in [0.15, 0.2) is 5.75 Å². The summed E-state index contributed by atoms with van der Waals surface area (Å²) in [6, 6.07) is 0. The Morgan fingerprint density at radius 1 is 1.47 bits per heavy atom. The van der Waals surface area contributed by atoms with E-state index in [4.69, 9.17) is 25.2 Å². The molecule has 0 radical (unpaired) electrons. The van der Waals surface area contributed by atoms with Crippen LogP contribution in [-0.4, -0.2) is 37.7 Å². The molecule has 94 valence electrons. The van der Waals surface area contributed by atoms with Gasteiger partial charge in [0.1, 0.15) is 0 Å². The van der Waals surface area contributed by atoms with Crippen molar-refractivity contribution in [3.05, 3.63) is 23.0 Å². The molecule has 0 bridgehead atoms. The van der Waals surface area contributed by atoms with E-state index < -0.39 is 18.9 Å². The maximum Gasteiger partial charge on any atom is 0.373 e. The molecule has 0 spiro atoms. The lowest BCUT2D eigenvalue weighted by atomic mass is 10.1. The molecule has 7 heteroatoms. The van der Waals surface area contributed by atoms with Crippen LogP contribution in [0.15, 0.2) is 6.20 Å². The number of pyridine rings is 1. The minimum absolute atomic E-state index is 0.0334. The second-order valence-corrected chi connectivity index (χ2v) is 3.30. The summed E-state index contributed by atoms with van der Waals surface area (Å²) in [5.74, 6) is -1.59. The number of carboxylic acids is 1. The Labute approximate surface area is 96.9 Å². The highest BCUT2D eigenvalue weighted by molar-refractivity contribution is 5.70. The molecule has 0 saturated heterocycles. The summed E-state index contributed by atoms with van der Waals surface area (Å²) in [6.07, 6.45) is -0.698. The molecular formula is C10H13NO6. The lowest BCUT2D eigenvalue weighted by Gasteiger charge is -2.16. The van der Waals surface area contributed by atoms with Crippen molar-refractivity contribution in [1.29, 1.82) is 0 Å². The van der Waals surface area contributed by atoms with E-state index in [2.05, 4.69) is 4.98 Å². The quantitative estimate of drug-likeness (QED) is 0.497. The highest BCUT2D eigenvalue weighted by Crippen LogP contribution is 2.26. The Balaban J connectivity index is 3.16. The Hall–Kier alpha value is -1.70. The first kappa shape index (κ1) is 13.4. The largest absolute Gasteiger partial charge is 0.477 e. The minimum Gasteiger partial charge on any atom is -0.477 e. The van der Waals surface area contributed by atoms with Gasteiger partial charge in [0, 0.05) is 17.3 Å². The van der Waals surface area contributed by atoms with E-state index in [1.807, 2.05) is 0 Å². The van der Waals surface area contributed by atoms with Crippen molar-refractivity contribution < 1.29 is 30.0 Å². The van der Waals surface area contributed by atoms with E-state index in [0.717, 1.165) is 0 Å². The van der Waals surface area contributed by atoms with Crippen molar-refractivity contribution >= 4 is 5.97 Å². The number of aliphatic carboxylic acids is 1. The number of ether oxygens (including phenoxy) is 1. The number of nitrogens with zero attached hydrogens (tertiary/aromatic N) is 1. The molecule has 0 unspecified atom stereocenters. The Morgan fingerprint density at radius 3 is 2.59 bits per heavy atom. The highest BCUT2D eigenvalue weighted by atomic mass is 16.6. The smallest absolute Gasteiger partial charge is 0.373 e. The average molecular weight is 243 g/mol. The summed E-state index contributed by atoms with van der Waals surface area (Å²) >= 11 is 0. The van der Waals surface area contributed by atoms with E-state index in [1.54, 1.807) is 0 Å². The molecule has 17 heavy (non-hydrogen) atoms. The number of aromatic nitrogens is 1. The van der Waals surface area contributed by atoms with Gasteiger partial charge in [-0.3, -0.25) is 4.98 Å². The van der Waals surface area contributed by atoms with Crippen LogP contribution in [0.4, 0.5) is 0 Å². The fraction of sp³-hybridized carbons (Fsp3) is 0.400. The van der Waals surface area contributed by atoms with Crippen LogP contribution in [-0.2, 0) is 18.0 Å². The van der Waals surface area contributed by atoms with Gasteiger partial charge in [-0.2, -0.15) is 0 Å². The average Bonchev–Trinajstić information content (AvgIpc) is 2.31. The SMILES string of the molecule is Cc1ncc(CO)c(CO)c1O[C@H](O)C(=O)O. The van der Waals surface area contributed by atoms with E-state index in [9.17, 15) is 4.79 Å². The van der Waals surface area contributed by atoms with Crippen LogP contribution in [0.2, 0.25) is 0 Å². The lowest BCUT2D eigenvalue weighted by Crippen LogP contribution is -2.27. The van der Waals surface area contributed by atoms with Crippen LogP contribution in [0.1, 0.15) is 16.8 Å². The first-order valence-electron chi connectivity index (χ1n) is 4.77. The molecule has 7 nitrogen and oxygen atoms in total. The highest BCUT2D eigenvalue weighted by Gasteiger charge is 2.20. The number of carbonyl (C=O) groups is 1. The van der Waals surface area contributed by atoms with Crippen molar-refractivity contribution in [3.63, 3.8) is 0 Å². The second-order valence-electron chi connectivity index (χ2n) is 3.30. The third-order valence-corrected chi connectivity index (χ3v) is 2.17. The summed E-state index contributed by atoms with van der Waals surface area (Å²) in [5.41, 5.74) is 0.831. The number of aryl methyl sites for hydroxylation is 1. The molecule has 0 aliphatic carbocycles. The molecule has 4 N–H and O–H groups in total. The zero-order valence-corrected chi connectivity index (χ0v) is 9.12. The summed E-state index contributed by atoms with van der Waals surface area (Å²) in [7, 11) is 0. The zero-order valence-electron chi connectivity index (χ0n) is 9.12. The van der Waals surface area contributed by atoms with Gasteiger partial charge in [0.25, 0.3) is 6.29 Å². The van der Waals surface area contributed by atoms with Crippen LogP contribution in [0.3, 0.4) is 0 Å². The van der Waals surface area contributed by atoms with Gasteiger partial charge in [-0.05, 0) is 6.92 Å². The van der Waals surface area contributed by atoms with Gasteiger partial charge in [0.05, 0.1) is 18.9 Å². The third kappa shape index (κ3) is 2.90. The molecule has 1 rings (SSSR count). The van der Waals surface area contributed by atoms with Gasteiger partial charge in [-0.15, -0.1) is 0 Å². The van der Waals surface area contributed by atoms with Crippen molar-refractivity contribution in [2.75, 3.05) is 0 Å². The number of aliphatic hydroxyl groups excluding tert-OH is 3. The first-order chi connectivity index (χ1) is 8.01. The summed E-state index contributed by atoms with van der Waals surface area (Å²) in [6.45, 7) is 0.702. The molecule has 0 aliphatic heterocycles. The van der Waals surface area contributed by atoms with Crippen LogP contribution in [0.5, 0.6) is 5.75 Å². The summed E-state index contributed by atoms with van der Waals surface area (Å²) < 4.78 is 4.79. The zero-order chi connectivity index (χ0) is 13.0. The molecule has 0 saturated carbocycles. The molecule has 1 aromatic heterocycles. The van der Waals surface area contributed by atoms with Gasteiger partial charge in [0.2, 0.25) is 0 Å². The number of hydrogen-bond acceptors (Lipinski definition) is 6. The number of rotatable bonds is 5. The van der Waals surface area contributed by atoms with Crippen molar-refractivity contribution in [2.24, 2.45) is 0 Å². The van der Waals surface area contributed by atoms with Crippen molar-refractivity contribution in [1.82, 2.24) is 4.98 Å². The van der Waals surface area contributed by atoms with Gasteiger partial charge in [-0.25, -0.2) is 4.79 Å². The van der Waals surface area contributed by atoms with E-state index >= 15 is 0 Å². The molecule has 1 heterocycles. The maximum atomic E-state index is 10.5.